The van der Waals surface area contributed by atoms with E-state index in [4.69, 9.17) is 4.74 Å². The van der Waals surface area contributed by atoms with Crippen LogP contribution in [0.4, 0.5) is 4.39 Å². The fourth-order valence-corrected chi connectivity index (χ4v) is 5.61. The van der Waals surface area contributed by atoms with Crippen LogP contribution in [0.3, 0.4) is 0 Å². The van der Waals surface area contributed by atoms with Gasteiger partial charge in [0.2, 0.25) is 0 Å². The SMILES string of the molecule is C=CC1CCC(C2CCC(c3ccc4cc(OCC)ccc4c3F)CC2)CC1. The summed E-state index contributed by atoms with van der Waals surface area (Å²) >= 11 is 0. The van der Waals surface area contributed by atoms with Crippen molar-refractivity contribution >= 4 is 10.8 Å². The smallest absolute Gasteiger partial charge is 0.134 e. The second kappa shape index (κ2) is 8.68. The Morgan fingerprint density at radius 2 is 1.64 bits per heavy atom. The zero-order valence-corrected chi connectivity index (χ0v) is 17.1. The van der Waals surface area contributed by atoms with E-state index in [9.17, 15) is 0 Å². The van der Waals surface area contributed by atoms with E-state index in [1.54, 1.807) is 0 Å². The highest BCUT2D eigenvalue weighted by molar-refractivity contribution is 5.85. The van der Waals surface area contributed by atoms with Gasteiger partial charge in [-0.05, 0) is 111 Å². The monoisotopic (exact) mass is 380 g/mol. The lowest BCUT2D eigenvalue weighted by Gasteiger charge is -2.37. The first-order valence-electron chi connectivity index (χ1n) is 11.2. The summed E-state index contributed by atoms with van der Waals surface area (Å²) in [5, 5.41) is 1.66. The Balaban J connectivity index is 1.43. The summed E-state index contributed by atoms with van der Waals surface area (Å²) in [5.41, 5.74) is 0.922. The van der Waals surface area contributed by atoms with E-state index in [1.807, 2.05) is 31.2 Å². The third-order valence-electron chi connectivity index (χ3n) is 7.29. The van der Waals surface area contributed by atoms with Gasteiger partial charge in [-0.1, -0.05) is 18.2 Å². The summed E-state index contributed by atoms with van der Waals surface area (Å²) in [5.74, 6) is 3.64. The van der Waals surface area contributed by atoms with Gasteiger partial charge in [0.15, 0.2) is 0 Å². The van der Waals surface area contributed by atoms with Crippen LogP contribution < -0.4 is 4.74 Å². The molecule has 0 bridgehead atoms. The van der Waals surface area contributed by atoms with E-state index in [-0.39, 0.29) is 5.82 Å². The van der Waals surface area contributed by atoms with Crippen LogP contribution in [0.5, 0.6) is 5.75 Å². The van der Waals surface area contributed by atoms with E-state index >= 15 is 4.39 Å². The van der Waals surface area contributed by atoms with Crippen LogP contribution in [0, 0.1) is 23.6 Å². The molecule has 4 rings (SSSR count). The molecule has 0 saturated heterocycles. The van der Waals surface area contributed by atoms with Crippen LogP contribution in [-0.4, -0.2) is 6.61 Å². The molecule has 2 fully saturated rings. The zero-order chi connectivity index (χ0) is 19.5. The van der Waals surface area contributed by atoms with Gasteiger partial charge >= 0.3 is 0 Å². The number of rotatable bonds is 5. The van der Waals surface area contributed by atoms with E-state index in [0.717, 1.165) is 52.7 Å². The summed E-state index contributed by atoms with van der Waals surface area (Å²) in [4.78, 5) is 0. The van der Waals surface area contributed by atoms with Gasteiger partial charge in [0, 0.05) is 5.39 Å². The number of halogens is 1. The van der Waals surface area contributed by atoms with Gasteiger partial charge in [0.05, 0.1) is 6.61 Å². The fourth-order valence-electron chi connectivity index (χ4n) is 5.61. The minimum absolute atomic E-state index is 0.0181. The predicted octanol–water partition coefficient (Wildman–Crippen LogP) is 7.64. The number of ether oxygens (including phenoxy) is 1. The lowest BCUT2D eigenvalue weighted by atomic mass is 9.68. The van der Waals surface area contributed by atoms with Gasteiger partial charge in [-0.25, -0.2) is 4.39 Å². The summed E-state index contributed by atoms with van der Waals surface area (Å²) in [7, 11) is 0. The average Bonchev–Trinajstić information content (AvgIpc) is 2.74. The number of allylic oxidation sites excluding steroid dienone is 1. The molecular weight excluding hydrogens is 347 g/mol. The quantitative estimate of drug-likeness (QED) is 0.484. The summed E-state index contributed by atoms with van der Waals surface area (Å²) in [6, 6.07) is 9.80. The predicted molar refractivity (Wildman–Crippen MR) is 115 cm³/mol. The molecule has 0 heterocycles. The minimum Gasteiger partial charge on any atom is -0.494 e. The molecule has 0 amide bonds. The van der Waals surface area contributed by atoms with Crippen LogP contribution in [0.2, 0.25) is 0 Å². The van der Waals surface area contributed by atoms with E-state index in [1.165, 1.54) is 38.5 Å². The molecule has 1 nitrogen and oxygen atoms in total. The second-order valence-corrected chi connectivity index (χ2v) is 8.81. The number of fused-ring (bicyclic) bond motifs is 1. The minimum atomic E-state index is -0.0181. The maximum atomic E-state index is 15.3. The molecule has 2 saturated carbocycles. The Morgan fingerprint density at radius 1 is 0.964 bits per heavy atom. The van der Waals surface area contributed by atoms with Crippen molar-refractivity contribution in [3.63, 3.8) is 0 Å². The molecule has 0 spiro atoms. The van der Waals surface area contributed by atoms with E-state index in [2.05, 4.69) is 18.7 Å². The Hall–Kier alpha value is -1.83. The molecule has 2 aromatic carbocycles. The molecule has 2 aliphatic carbocycles. The summed E-state index contributed by atoms with van der Waals surface area (Å²) in [6.45, 7) is 6.56. The molecule has 0 aromatic heterocycles. The van der Waals surface area contributed by atoms with E-state index < -0.39 is 0 Å². The van der Waals surface area contributed by atoms with Gasteiger partial charge in [-0.3, -0.25) is 0 Å². The molecule has 0 radical (unpaired) electrons. The molecule has 0 aliphatic heterocycles. The molecule has 2 aliphatic rings. The van der Waals surface area contributed by atoms with Crippen molar-refractivity contribution in [2.45, 2.75) is 64.2 Å². The average molecular weight is 381 g/mol. The van der Waals surface area contributed by atoms with Crippen LogP contribution >= 0.6 is 0 Å². The van der Waals surface area contributed by atoms with Crippen molar-refractivity contribution in [3.05, 3.63) is 54.4 Å². The maximum Gasteiger partial charge on any atom is 0.134 e. The molecule has 0 atom stereocenters. The number of benzene rings is 2. The third kappa shape index (κ3) is 3.97. The lowest BCUT2D eigenvalue weighted by molar-refractivity contribution is 0.171. The zero-order valence-electron chi connectivity index (χ0n) is 17.1. The Kier molecular flexibility index (Phi) is 6.04. The van der Waals surface area contributed by atoms with Gasteiger partial charge in [-0.15, -0.1) is 6.58 Å². The number of hydrogen-bond acceptors (Lipinski definition) is 1. The summed E-state index contributed by atoms with van der Waals surface area (Å²) in [6.07, 6.45) is 12.3. The third-order valence-corrected chi connectivity index (χ3v) is 7.29. The van der Waals surface area contributed by atoms with Crippen molar-refractivity contribution in [1.82, 2.24) is 0 Å². The lowest BCUT2D eigenvalue weighted by Crippen LogP contribution is -2.25. The van der Waals surface area contributed by atoms with E-state index in [0.29, 0.717) is 12.5 Å². The van der Waals surface area contributed by atoms with Crippen molar-refractivity contribution in [1.29, 1.82) is 0 Å². The second-order valence-electron chi connectivity index (χ2n) is 8.81. The first-order chi connectivity index (χ1) is 13.7. The standard InChI is InChI=1S/C26H33FO/c1-3-18-5-7-19(8-6-18)20-9-11-21(12-10-20)24-15-13-22-17-23(28-4-2)14-16-25(22)26(24)27/h3,13-21H,1,4-12H2,2H3. The molecule has 0 unspecified atom stereocenters. The van der Waals surface area contributed by atoms with Gasteiger partial charge in [0.25, 0.3) is 0 Å². The van der Waals surface area contributed by atoms with Crippen LogP contribution in [-0.2, 0) is 0 Å². The normalized spacial score (nSPS) is 28.2. The Labute approximate surface area is 169 Å². The molecule has 150 valence electrons. The highest BCUT2D eigenvalue weighted by atomic mass is 19.1. The maximum absolute atomic E-state index is 15.3. The van der Waals surface area contributed by atoms with Crippen molar-refractivity contribution in [2.24, 2.45) is 17.8 Å². The van der Waals surface area contributed by atoms with Crippen molar-refractivity contribution < 1.29 is 9.13 Å². The first kappa shape index (κ1) is 19.5. The molecule has 0 N–H and O–H groups in total. The van der Waals surface area contributed by atoms with Crippen molar-refractivity contribution in [3.8, 4) is 5.75 Å². The van der Waals surface area contributed by atoms with Crippen LogP contribution in [0.1, 0.15) is 69.8 Å². The largest absolute Gasteiger partial charge is 0.494 e. The highest BCUT2D eigenvalue weighted by Gasteiger charge is 2.31. The molecule has 2 heteroatoms. The topological polar surface area (TPSA) is 9.23 Å². The molecular formula is C26H33FO. The number of hydrogen-bond donors (Lipinski definition) is 0. The van der Waals surface area contributed by atoms with Crippen molar-refractivity contribution in [2.75, 3.05) is 6.61 Å². The van der Waals surface area contributed by atoms with Crippen LogP contribution in [0.15, 0.2) is 43.0 Å². The fraction of sp³-hybridized carbons (Fsp3) is 0.538. The van der Waals surface area contributed by atoms with Gasteiger partial charge < -0.3 is 4.74 Å². The van der Waals surface area contributed by atoms with Gasteiger partial charge in [-0.2, -0.15) is 0 Å². The Bertz CT molecular complexity index is 811. The Morgan fingerprint density at radius 3 is 2.29 bits per heavy atom. The van der Waals surface area contributed by atoms with Gasteiger partial charge in [0.1, 0.15) is 11.6 Å². The highest BCUT2D eigenvalue weighted by Crippen LogP contribution is 2.45. The summed E-state index contributed by atoms with van der Waals surface area (Å²) < 4.78 is 20.8. The molecule has 28 heavy (non-hydrogen) atoms. The van der Waals surface area contributed by atoms with Crippen LogP contribution in [0.25, 0.3) is 10.8 Å². The first-order valence-corrected chi connectivity index (χ1v) is 11.2. The molecule has 2 aromatic rings.